The Morgan fingerprint density at radius 1 is 1.39 bits per heavy atom. The number of fused-ring (bicyclic) bond motifs is 2. The number of aromatic nitrogens is 3. The summed E-state index contributed by atoms with van der Waals surface area (Å²) < 4.78 is 7.49. The van der Waals surface area contributed by atoms with Crippen LogP contribution in [0.15, 0.2) is 29.8 Å². The minimum absolute atomic E-state index is 0.148. The second-order valence-corrected chi connectivity index (χ2v) is 8.34. The molecule has 3 aromatic rings. The van der Waals surface area contributed by atoms with E-state index in [0.717, 1.165) is 49.3 Å². The Hall–Kier alpha value is -2.25. The Morgan fingerprint density at radius 2 is 2.29 bits per heavy atom. The molecule has 0 bridgehead atoms. The maximum absolute atomic E-state index is 12.7. The molecule has 0 saturated heterocycles. The van der Waals surface area contributed by atoms with E-state index in [-0.39, 0.29) is 11.9 Å². The molecule has 0 radical (unpaired) electrons. The van der Waals surface area contributed by atoms with Crippen molar-refractivity contribution in [1.29, 1.82) is 0 Å². The molecule has 4 heterocycles. The summed E-state index contributed by atoms with van der Waals surface area (Å²) in [7, 11) is 1.71. The van der Waals surface area contributed by atoms with Gasteiger partial charge in [0.2, 0.25) is 5.91 Å². The number of hydrogen-bond donors (Lipinski definition) is 0. The summed E-state index contributed by atoms with van der Waals surface area (Å²) >= 11 is 1.80. The maximum Gasteiger partial charge on any atom is 0.222 e. The van der Waals surface area contributed by atoms with E-state index in [1.807, 2.05) is 17.0 Å². The van der Waals surface area contributed by atoms with Crippen LogP contribution in [0.2, 0.25) is 0 Å². The molecule has 7 heteroatoms. The van der Waals surface area contributed by atoms with E-state index in [9.17, 15) is 4.79 Å². The van der Waals surface area contributed by atoms with Gasteiger partial charge in [0.1, 0.15) is 11.3 Å². The molecule has 1 aliphatic rings. The number of hydrogen-bond acceptors (Lipinski definition) is 5. The molecule has 0 saturated carbocycles. The average Bonchev–Trinajstić information content (AvgIpc) is 3.31. The van der Waals surface area contributed by atoms with Crippen molar-refractivity contribution in [3.63, 3.8) is 0 Å². The summed E-state index contributed by atoms with van der Waals surface area (Å²) in [6, 6.07) is 6.18. The first-order chi connectivity index (χ1) is 13.7. The van der Waals surface area contributed by atoms with E-state index in [1.165, 1.54) is 10.4 Å². The van der Waals surface area contributed by atoms with E-state index in [4.69, 9.17) is 9.72 Å². The van der Waals surface area contributed by atoms with Gasteiger partial charge in [0.05, 0.1) is 12.6 Å². The van der Waals surface area contributed by atoms with Gasteiger partial charge < -0.3 is 14.2 Å². The van der Waals surface area contributed by atoms with Gasteiger partial charge in [-0.2, -0.15) is 0 Å². The summed E-state index contributed by atoms with van der Waals surface area (Å²) in [5.41, 5.74) is 3.09. The maximum atomic E-state index is 12.7. The van der Waals surface area contributed by atoms with Gasteiger partial charge in [-0.3, -0.25) is 4.79 Å². The van der Waals surface area contributed by atoms with Crippen molar-refractivity contribution < 1.29 is 9.53 Å². The largest absolute Gasteiger partial charge is 0.383 e. The molecule has 0 unspecified atom stereocenters. The summed E-state index contributed by atoms with van der Waals surface area (Å²) in [5.74, 6) is 1.22. The van der Waals surface area contributed by atoms with Gasteiger partial charge in [0, 0.05) is 44.1 Å². The van der Waals surface area contributed by atoms with Crippen LogP contribution in [-0.2, 0) is 28.9 Å². The van der Waals surface area contributed by atoms with Crippen molar-refractivity contribution in [2.45, 2.75) is 45.2 Å². The fourth-order valence-corrected chi connectivity index (χ4v) is 4.84. The third-order valence-electron chi connectivity index (χ3n) is 5.32. The summed E-state index contributed by atoms with van der Waals surface area (Å²) in [4.78, 5) is 25.4. The second-order valence-electron chi connectivity index (χ2n) is 7.34. The minimum Gasteiger partial charge on any atom is -0.383 e. The number of aryl methyl sites for hydroxylation is 1. The van der Waals surface area contributed by atoms with Gasteiger partial charge in [0.25, 0.3) is 0 Å². The molecular formula is C21H26N4O2S. The highest BCUT2D eigenvalue weighted by Gasteiger charge is 2.22. The lowest BCUT2D eigenvalue weighted by molar-refractivity contribution is -0.132. The molecule has 28 heavy (non-hydrogen) atoms. The zero-order valence-electron chi connectivity index (χ0n) is 16.4. The number of carbonyl (C=O) groups is 1. The molecule has 0 N–H and O–H groups in total. The first kappa shape index (κ1) is 19.1. The third kappa shape index (κ3) is 3.82. The van der Waals surface area contributed by atoms with Gasteiger partial charge >= 0.3 is 0 Å². The van der Waals surface area contributed by atoms with E-state index in [1.54, 1.807) is 24.6 Å². The normalized spacial score (nSPS) is 15.0. The predicted molar refractivity (Wildman–Crippen MR) is 110 cm³/mol. The lowest BCUT2D eigenvalue weighted by Gasteiger charge is -2.27. The number of amides is 1. The number of imidazole rings is 1. The summed E-state index contributed by atoms with van der Waals surface area (Å²) in [5, 5.41) is 2.12. The fourth-order valence-electron chi connectivity index (χ4n) is 3.95. The highest BCUT2D eigenvalue weighted by Crippen LogP contribution is 2.25. The number of methoxy groups -OCH3 is 1. The van der Waals surface area contributed by atoms with Gasteiger partial charge in [0.15, 0.2) is 5.65 Å². The van der Waals surface area contributed by atoms with Crippen LogP contribution in [0.3, 0.4) is 0 Å². The standard InChI is InChI=1S/C21H26N4O2S/c1-15(14-27-2)25-19(23-17-5-4-10-22-21(17)25)6-3-7-20(26)24-11-8-18-16(13-24)9-12-28-18/h4-5,9-10,12,15H,3,6-8,11,13-14H2,1-2H3/t15-/m1/s1. The van der Waals surface area contributed by atoms with E-state index in [2.05, 4.69) is 27.9 Å². The highest BCUT2D eigenvalue weighted by molar-refractivity contribution is 7.10. The zero-order valence-corrected chi connectivity index (χ0v) is 17.2. The van der Waals surface area contributed by atoms with Crippen LogP contribution < -0.4 is 0 Å². The van der Waals surface area contributed by atoms with Crippen LogP contribution in [0, 0.1) is 0 Å². The Morgan fingerprint density at radius 3 is 3.14 bits per heavy atom. The fraction of sp³-hybridized carbons (Fsp3) is 0.476. The van der Waals surface area contributed by atoms with Crippen LogP contribution in [0.4, 0.5) is 0 Å². The van der Waals surface area contributed by atoms with E-state index in [0.29, 0.717) is 13.0 Å². The highest BCUT2D eigenvalue weighted by atomic mass is 32.1. The van der Waals surface area contributed by atoms with E-state index < -0.39 is 0 Å². The number of ether oxygens (including phenoxy) is 1. The second kappa shape index (κ2) is 8.41. The summed E-state index contributed by atoms with van der Waals surface area (Å²) in [6.07, 6.45) is 4.87. The van der Waals surface area contributed by atoms with Crippen LogP contribution >= 0.6 is 11.3 Å². The molecule has 0 spiro atoms. The first-order valence-corrected chi connectivity index (χ1v) is 10.7. The Bertz CT molecular complexity index is 964. The van der Waals surface area contributed by atoms with Crippen LogP contribution in [0.25, 0.3) is 11.2 Å². The smallest absolute Gasteiger partial charge is 0.222 e. The molecule has 4 rings (SSSR count). The Labute approximate surface area is 169 Å². The van der Waals surface area contributed by atoms with Gasteiger partial charge in [-0.15, -0.1) is 11.3 Å². The van der Waals surface area contributed by atoms with E-state index >= 15 is 0 Å². The third-order valence-corrected chi connectivity index (χ3v) is 6.34. The molecule has 0 aromatic carbocycles. The van der Waals surface area contributed by atoms with Crippen molar-refractivity contribution in [3.05, 3.63) is 46.0 Å². The van der Waals surface area contributed by atoms with Gasteiger partial charge in [-0.1, -0.05) is 0 Å². The number of nitrogens with zero attached hydrogens (tertiary/aromatic N) is 4. The molecule has 148 valence electrons. The van der Waals surface area contributed by atoms with Crippen LogP contribution in [0.1, 0.15) is 42.1 Å². The molecule has 1 amide bonds. The monoisotopic (exact) mass is 398 g/mol. The Balaban J connectivity index is 1.41. The van der Waals surface area contributed by atoms with Crippen molar-refractivity contribution in [2.75, 3.05) is 20.3 Å². The van der Waals surface area contributed by atoms with Crippen molar-refractivity contribution in [2.24, 2.45) is 0 Å². The molecule has 0 fully saturated rings. The average molecular weight is 399 g/mol. The molecule has 1 aliphatic heterocycles. The Kier molecular flexibility index (Phi) is 5.73. The number of pyridine rings is 1. The first-order valence-electron chi connectivity index (χ1n) is 9.81. The number of carbonyl (C=O) groups excluding carboxylic acids is 1. The number of rotatable bonds is 7. The van der Waals surface area contributed by atoms with Gasteiger partial charge in [-0.05, 0) is 48.9 Å². The van der Waals surface area contributed by atoms with Gasteiger partial charge in [-0.25, -0.2) is 9.97 Å². The van der Waals surface area contributed by atoms with Crippen molar-refractivity contribution in [3.8, 4) is 0 Å². The SMILES string of the molecule is COC[C@@H](C)n1c(CCCC(=O)N2CCc3sccc3C2)nc2cccnc21. The lowest BCUT2D eigenvalue weighted by Crippen LogP contribution is -2.35. The molecular weight excluding hydrogens is 372 g/mol. The lowest BCUT2D eigenvalue weighted by atomic mass is 10.1. The molecule has 1 atom stereocenters. The zero-order chi connectivity index (χ0) is 19.5. The summed E-state index contributed by atoms with van der Waals surface area (Å²) in [6.45, 7) is 4.30. The number of thiophene rings is 1. The van der Waals surface area contributed by atoms with Crippen LogP contribution in [-0.4, -0.2) is 45.6 Å². The quantitative estimate of drug-likeness (QED) is 0.610. The predicted octanol–water partition coefficient (Wildman–Crippen LogP) is 3.61. The topological polar surface area (TPSA) is 60.2 Å². The molecule has 6 nitrogen and oxygen atoms in total. The minimum atomic E-state index is 0.148. The molecule has 3 aromatic heterocycles. The van der Waals surface area contributed by atoms with Crippen LogP contribution in [0.5, 0.6) is 0 Å². The van der Waals surface area contributed by atoms with Crippen molar-refractivity contribution >= 4 is 28.4 Å². The molecule has 0 aliphatic carbocycles. The van der Waals surface area contributed by atoms with Crippen molar-refractivity contribution in [1.82, 2.24) is 19.4 Å².